The monoisotopic (exact) mass is 223 g/mol. The summed E-state index contributed by atoms with van der Waals surface area (Å²) in [7, 11) is 0. The summed E-state index contributed by atoms with van der Waals surface area (Å²) < 4.78 is 12.6. The molecule has 15 heavy (non-hydrogen) atoms. The van der Waals surface area contributed by atoms with Gasteiger partial charge >= 0.3 is 0 Å². The van der Waals surface area contributed by atoms with Gasteiger partial charge in [-0.15, -0.1) is 0 Å². The zero-order chi connectivity index (χ0) is 10.7. The molecule has 1 heterocycles. The fourth-order valence-corrected chi connectivity index (χ4v) is 1.73. The largest absolute Gasteiger partial charge is 0.389 e. The number of nitrogens with one attached hydrogen (secondary N) is 1. The van der Waals surface area contributed by atoms with E-state index < -0.39 is 0 Å². The van der Waals surface area contributed by atoms with Crippen LogP contribution < -0.4 is 11.1 Å². The molecule has 0 aliphatic rings. The molecular weight excluding hydrogens is 213 g/mol. The fraction of sp³-hybridized carbons (Fsp3) is 0.100. The Labute approximate surface area is 90.8 Å². The van der Waals surface area contributed by atoms with E-state index in [1.165, 1.54) is 23.5 Å². The highest BCUT2D eigenvalue weighted by atomic mass is 32.1. The average molecular weight is 223 g/mol. The topological polar surface area (TPSA) is 50.9 Å². The van der Waals surface area contributed by atoms with Crippen molar-refractivity contribution in [2.45, 2.75) is 6.54 Å². The van der Waals surface area contributed by atoms with Gasteiger partial charge in [0.05, 0.1) is 6.20 Å². The van der Waals surface area contributed by atoms with Gasteiger partial charge in [-0.2, -0.15) is 0 Å². The van der Waals surface area contributed by atoms with Crippen LogP contribution in [0.1, 0.15) is 5.56 Å². The molecule has 0 spiro atoms. The van der Waals surface area contributed by atoms with E-state index in [2.05, 4.69) is 10.3 Å². The predicted octanol–water partition coefficient (Wildman–Crippen LogP) is 2.48. The summed E-state index contributed by atoms with van der Waals surface area (Å²) in [4.78, 5) is 4.06. The SMILES string of the molecule is Nc1cnc(NCc2ccc(F)cc2)s1. The Bertz CT molecular complexity index is 438. The van der Waals surface area contributed by atoms with Crippen molar-refractivity contribution in [3.8, 4) is 0 Å². The lowest BCUT2D eigenvalue weighted by molar-refractivity contribution is 0.627. The molecule has 3 nitrogen and oxygen atoms in total. The number of benzene rings is 1. The molecule has 0 aliphatic heterocycles. The van der Waals surface area contributed by atoms with Gasteiger partial charge in [-0.05, 0) is 17.7 Å². The van der Waals surface area contributed by atoms with Gasteiger partial charge in [0, 0.05) is 6.54 Å². The summed E-state index contributed by atoms with van der Waals surface area (Å²) in [5.41, 5.74) is 6.54. The highest BCUT2D eigenvalue weighted by molar-refractivity contribution is 7.19. The lowest BCUT2D eigenvalue weighted by atomic mass is 10.2. The number of hydrogen-bond donors (Lipinski definition) is 2. The summed E-state index contributed by atoms with van der Waals surface area (Å²) in [5, 5.41) is 4.56. The van der Waals surface area contributed by atoms with E-state index in [9.17, 15) is 4.39 Å². The van der Waals surface area contributed by atoms with Gasteiger partial charge in [0.1, 0.15) is 10.8 Å². The molecule has 0 saturated carbocycles. The van der Waals surface area contributed by atoms with Crippen molar-refractivity contribution in [2.24, 2.45) is 0 Å². The molecule has 0 saturated heterocycles. The van der Waals surface area contributed by atoms with E-state index in [4.69, 9.17) is 5.73 Å². The Balaban J connectivity index is 1.96. The molecule has 0 amide bonds. The van der Waals surface area contributed by atoms with E-state index in [1.807, 2.05) is 0 Å². The molecule has 1 aromatic carbocycles. The minimum atomic E-state index is -0.225. The van der Waals surface area contributed by atoms with E-state index in [1.54, 1.807) is 18.3 Å². The van der Waals surface area contributed by atoms with Crippen LogP contribution >= 0.6 is 11.3 Å². The summed E-state index contributed by atoms with van der Waals surface area (Å²) in [5.74, 6) is -0.225. The van der Waals surface area contributed by atoms with E-state index >= 15 is 0 Å². The molecule has 0 unspecified atom stereocenters. The molecule has 78 valence electrons. The molecule has 2 rings (SSSR count). The van der Waals surface area contributed by atoms with Gasteiger partial charge in [-0.3, -0.25) is 0 Å². The van der Waals surface area contributed by atoms with Crippen molar-refractivity contribution in [1.82, 2.24) is 4.98 Å². The summed E-state index contributed by atoms with van der Waals surface area (Å²) in [6.07, 6.45) is 1.61. The molecular formula is C10H10FN3S. The number of nitrogens with zero attached hydrogens (tertiary/aromatic N) is 1. The van der Waals surface area contributed by atoms with Crippen LogP contribution in [0.3, 0.4) is 0 Å². The fourth-order valence-electron chi connectivity index (χ4n) is 1.15. The standard InChI is InChI=1S/C10H10FN3S/c11-8-3-1-7(2-4-8)5-13-10-14-6-9(12)15-10/h1-4,6H,5,12H2,(H,13,14). The van der Waals surface area contributed by atoms with E-state index in [-0.39, 0.29) is 5.82 Å². The maximum absolute atomic E-state index is 12.6. The first kappa shape index (κ1) is 9.92. The molecule has 0 fully saturated rings. The first-order valence-corrected chi connectivity index (χ1v) is 5.25. The summed E-state index contributed by atoms with van der Waals surface area (Å²) >= 11 is 1.39. The summed E-state index contributed by atoms with van der Waals surface area (Å²) in [6, 6.07) is 6.35. The highest BCUT2D eigenvalue weighted by Crippen LogP contribution is 2.20. The number of anilines is 2. The second kappa shape index (κ2) is 4.27. The van der Waals surface area contributed by atoms with Crippen LogP contribution in [0.4, 0.5) is 14.5 Å². The predicted molar refractivity (Wildman–Crippen MR) is 60.3 cm³/mol. The van der Waals surface area contributed by atoms with Gasteiger partial charge in [-0.25, -0.2) is 9.37 Å². The van der Waals surface area contributed by atoms with Gasteiger partial charge in [0.15, 0.2) is 5.13 Å². The lowest BCUT2D eigenvalue weighted by Crippen LogP contribution is -1.98. The van der Waals surface area contributed by atoms with Crippen LogP contribution in [-0.4, -0.2) is 4.98 Å². The Hall–Kier alpha value is -1.62. The number of nitrogen functional groups attached to an aromatic ring is 1. The van der Waals surface area contributed by atoms with Gasteiger partial charge in [0.25, 0.3) is 0 Å². The first-order chi connectivity index (χ1) is 7.24. The minimum Gasteiger partial charge on any atom is -0.389 e. The second-order valence-corrected chi connectivity index (χ2v) is 4.11. The number of nitrogens with two attached hydrogens (primary N) is 1. The highest BCUT2D eigenvalue weighted by Gasteiger charge is 1.98. The Morgan fingerprint density at radius 2 is 2.07 bits per heavy atom. The van der Waals surface area contributed by atoms with Crippen molar-refractivity contribution in [3.05, 3.63) is 41.8 Å². The van der Waals surface area contributed by atoms with E-state index in [0.717, 1.165) is 10.7 Å². The maximum Gasteiger partial charge on any atom is 0.184 e. The third kappa shape index (κ3) is 2.66. The molecule has 2 aromatic rings. The molecule has 0 radical (unpaired) electrons. The molecule has 5 heteroatoms. The number of hydrogen-bond acceptors (Lipinski definition) is 4. The van der Waals surface area contributed by atoms with Crippen molar-refractivity contribution in [3.63, 3.8) is 0 Å². The summed E-state index contributed by atoms with van der Waals surface area (Å²) in [6.45, 7) is 0.618. The third-order valence-corrected chi connectivity index (χ3v) is 2.66. The zero-order valence-electron chi connectivity index (χ0n) is 7.90. The van der Waals surface area contributed by atoms with Crippen molar-refractivity contribution in [2.75, 3.05) is 11.1 Å². The molecule has 0 bridgehead atoms. The Morgan fingerprint density at radius 3 is 2.67 bits per heavy atom. The van der Waals surface area contributed by atoms with Crippen LogP contribution in [-0.2, 0) is 6.54 Å². The van der Waals surface area contributed by atoms with E-state index in [0.29, 0.717) is 11.5 Å². The molecule has 1 aromatic heterocycles. The van der Waals surface area contributed by atoms with Crippen LogP contribution in [0.2, 0.25) is 0 Å². The molecule has 0 atom stereocenters. The van der Waals surface area contributed by atoms with Crippen molar-refractivity contribution in [1.29, 1.82) is 0 Å². The first-order valence-electron chi connectivity index (χ1n) is 4.43. The average Bonchev–Trinajstić information content (AvgIpc) is 2.64. The van der Waals surface area contributed by atoms with Gasteiger partial charge < -0.3 is 11.1 Å². The minimum absolute atomic E-state index is 0.225. The Morgan fingerprint density at radius 1 is 1.33 bits per heavy atom. The van der Waals surface area contributed by atoms with Gasteiger partial charge in [-0.1, -0.05) is 23.5 Å². The smallest absolute Gasteiger partial charge is 0.184 e. The number of aromatic nitrogens is 1. The van der Waals surface area contributed by atoms with Crippen LogP contribution in [0, 0.1) is 5.82 Å². The maximum atomic E-state index is 12.6. The third-order valence-electron chi connectivity index (χ3n) is 1.88. The quantitative estimate of drug-likeness (QED) is 0.840. The second-order valence-electron chi connectivity index (χ2n) is 3.05. The van der Waals surface area contributed by atoms with Crippen molar-refractivity contribution < 1.29 is 4.39 Å². The zero-order valence-corrected chi connectivity index (χ0v) is 8.72. The molecule has 3 N–H and O–H groups in total. The molecule has 0 aliphatic carbocycles. The lowest BCUT2D eigenvalue weighted by Gasteiger charge is -2.01. The van der Waals surface area contributed by atoms with Crippen LogP contribution in [0.25, 0.3) is 0 Å². The number of thiazole rings is 1. The normalized spacial score (nSPS) is 10.2. The van der Waals surface area contributed by atoms with Gasteiger partial charge in [0.2, 0.25) is 0 Å². The Kier molecular flexibility index (Phi) is 2.82. The van der Waals surface area contributed by atoms with Crippen LogP contribution in [0.5, 0.6) is 0 Å². The van der Waals surface area contributed by atoms with Crippen LogP contribution in [0.15, 0.2) is 30.5 Å². The number of rotatable bonds is 3. The van der Waals surface area contributed by atoms with Crippen molar-refractivity contribution >= 4 is 21.5 Å². The number of halogens is 1.